The van der Waals surface area contributed by atoms with Gasteiger partial charge < -0.3 is 9.72 Å². The molecule has 0 bridgehead atoms. The molecule has 6 nitrogen and oxygen atoms in total. The number of H-pyrrole nitrogens is 1. The molecule has 3 aromatic carbocycles. The highest BCUT2D eigenvalue weighted by molar-refractivity contribution is 9.10. The molecule has 0 radical (unpaired) electrons. The summed E-state index contributed by atoms with van der Waals surface area (Å²) in [4.78, 5) is 44.4. The molecular formula is C28H20BrFN2O4S2. The Balaban J connectivity index is 1.45. The van der Waals surface area contributed by atoms with Gasteiger partial charge in [0.1, 0.15) is 23.4 Å². The van der Waals surface area contributed by atoms with Crippen LogP contribution in [0.1, 0.15) is 27.5 Å². The SMILES string of the molecule is Cc1ccccc1COc1ccc(Br)cc1[C@@H]1c2sc(=O)[nH]c2S[C@H]2C(=O)N(c3ccc(F)cc3)C(=O)[C@@H]12. The molecule has 1 aromatic heterocycles. The van der Waals surface area contributed by atoms with Crippen LogP contribution in [-0.4, -0.2) is 22.0 Å². The summed E-state index contributed by atoms with van der Waals surface area (Å²) in [5, 5.41) is -0.170. The van der Waals surface area contributed by atoms with Crippen LogP contribution in [0.4, 0.5) is 10.1 Å². The van der Waals surface area contributed by atoms with Crippen LogP contribution in [0.15, 0.2) is 81.0 Å². The molecular weight excluding hydrogens is 591 g/mol. The van der Waals surface area contributed by atoms with E-state index in [9.17, 15) is 18.8 Å². The molecule has 10 heteroatoms. The smallest absolute Gasteiger partial charge is 0.305 e. The molecule has 0 aliphatic carbocycles. The lowest BCUT2D eigenvalue weighted by Crippen LogP contribution is -2.32. The number of hydrogen-bond donors (Lipinski definition) is 1. The summed E-state index contributed by atoms with van der Waals surface area (Å²) >= 11 is 5.79. The Morgan fingerprint density at radius 1 is 1.03 bits per heavy atom. The molecule has 6 rings (SSSR count). The Morgan fingerprint density at radius 3 is 2.55 bits per heavy atom. The number of imide groups is 1. The van der Waals surface area contributed by atoms with Crippen LogP contribution in [0.2, 0.25) is 0 Å². The van der Waals surface area contributed by atoms with Gasteiger partial charge in [0.05, 0.1) is 16.6 Å². The summed E-state index contributed by atoms with van der Waals surface area (Å²) in [5.41, 5.74) is 3.15. The van der Waals surface area contributed by atoms with Gasteiger partial charge in [-0.15, -0.1) is 0 Å². The molecule has 2 aliphatic heterocycles. The largest absolute Gasteiger partial charge is 0.489 e. The van der Waals surface area contributed by atoms with Gasteiger partial charge in [-0.1, -0.05) is 63.3 Å². The Kier molecular flexibility index (Phi) is 6.49. The van der Waals surface area contributed by atoms with Gasteiger partial charge in [0, 0.05) is 20.8 Å². The number of anilines is 1. The molecule has 0 saturated carbocycles. The number of rotatable bonds is 5. The average molecular weight is 612 g/mol. The van der Waals surface area contributed by atoms with E-state index in [4.69, 9.17) is 4.74 Å². The fraction of sp³-hybridized carbons (Fsp3) is 0.179. The Labute approximate surface area is 234 Å². The van der Waals surface area contributed by atoms with Crippen LogP contribution in [0.5, 0.6) is 5.75 Å². The molecule has 1 saturated heterocycles. The molecule has 3 atom stereocenters. The second kappa shape index (κ2) is 9.83. The fourth-order valence-corrected chi connectivity index (χ4v) is 7.90. The monoisotopic (exact) mass is 610 g/mol. The number of benzene rings is 3. The number of thioether (sulfide) groups is 1. The van der Waals surface area contributed by atoms with Gasteiger partial charge in [-0.05, 0) is 60.5 Å². The molecule has 1 fully saturated rings. The van der Waals surface area contributed by atoms with Gasteiger partial charge in [-0.3, -0.25) is 14.4 Å². The highest BCUT2D eigenvalue weighted by atomic mass is 79.9. The van der Waals surface area contributed by atoms with E-state index in [0.717, 1.165) is 31.8 Å². The number of carbonyl (C=O) groups is 2. The maximum absolute atomic E-state index is 13.9. The number of aromatic nitrogens is 1. The van der Waals surface area contributed by atoms with Crippen molar-refractivity contribution in [1.82, 2.24) is 4.98 Å². The maximum Gasteiger partial charge on any atom is 0.305 e. The maximum atomic E-state index is 13.9. The van der Waals surface area contributed by atoms with Crippen LogP contribution >= 0.6 is 39.0 Å². The number of halogens is 2. The summed E-state index contributed by atoms with van der Waals surface area (Å²) < 4.78 is 20.7. The third kappa shape index (κ3) is 4.30. The average Bonchev–Trinajstić information content (AvgIpc) is 3.39. The van der Waals surface area contributed by atoms with E-state index in [-0.39, 0.29) is 10.8 Å². The van der Waals surface area contributed by atoms with Crippen molar-refractivity contribution in [3.05, 3.63) is 108 Å². The van der Waals surface area contributed by atoms with Gasteiger partial charge in [0.2, 0.25) is 11.8 Å². The van der Waals surface area contributed by atoms with E-state index < -0.39 is 28.8 Å². The summed E-state index contributed by atoms with van der Waals surface area (Å²) in [7, 11) is 0. The van der Waals surface area contributed by atoms with Gasteiger partial charge in [0.15, 0.2) is 0 Å². The van der Waals surface area contributed by atoms with Crippen molar-refractivity contribution in [1.29, 1.82) is 0 Å². The van der Waals surface area contributed by atoms with Crippen molar-refractivity contribution >= 4 is 56.5 Å². The van der Waals surface area contributed by atoms with E-state index in [1.807, 2.05) is 49.4 Å². The van der Waals surface area contributed by atoms with E-state index in [2.05, 4.69) is 20.9 Å². The molecule has 38 heavy (non-hydrogen) atoms. The minimum absolute atomic E-state index is 0.250. The Morgan fingerprint density at radius 2 is 1.79 bits per heavy atom. The third-order valence-electron chi connectivity index (χ3n) is 6.86. The third-order valence-corrected chi connectivity index (χ3v) is 9.75. The lowest BCUT2D eigenvalue weighted by atomic mass is 9.82. The van der Waals surface area contributed by atoms with Crippen LogP contribution in [0, 0.1) is 18.7 Å². The molecule has 2 aliphatic rings. The van der Waals surface area contributed by atoms with Gasteiger partial charge in [-0.25, -0.2) is 9.29 Å². The molecule has 3 heterocycles. The minimum atomic E-state index is -0.772. The standard InChI is InChI=1S/C28H20BrFN2O4S2/c1-14-4-2-3-5-15(14)13-36-20-11-6-16(29)12-19(20)21-22-24(37-25-23(21)38-28(35)31-25)27(34)32(26(22)33)18-9-7-17(30)8-10-18/h2-12,21-22,24H,13H2,1H3,(H,31,35)/t21-,22-,24+/m0/s1. The number of aromatic amines is 1. The molecule has 0 unspecified atom stereocenters. The number of hydrogen-bond acceptors (Lipinski definition) is 6. The number of nitrogens with one attached hydrogen (secondary N) is 1. The Hall–Kier alpha value is -3.21. The van der Waals surface area contributed by atoms with E-state index in [1.165, 1.54) is 36.0 Å². The van der Waals surface area contributed by atoms with E-state index >= 15 is 0 Å². The van der Waals surface area contributed by atoms with Crippen molar-refractivity contribution in [2.24, 2.45) is 5.92 Å². The van der Waals surface area contributed by atoms with Crippen molar-refractivity contribution in [2.45, 2.75) is 29.7 Å². The molecule has 1 N–H and O–H groups in total. The first-order valence-corrected chi connectivity index (χ1v) is 14.3. The molecule has 4 aromatic rings. The topological polar surface area (TPSA) is 79.5 Å². The summed E-state index contributed by atoms with van der Waals surface area (Å²) in [5.74, 6) is -2.03. The summed E-state index contributed by atoms with van der Waals surface area (Å²) in [6.07, 6.45) is 0. The number of thiazole rings is 1. The predicted molar refractivity (Wildman–Crippen MR) is 148 cm³/mol. The second-order valence-corrected chi connectivity index (χ2v) is 12.2. The first-order chi connectivity index (χ1) is 18.3. The van der Waals surface area contributed by atoms with Crippen LogP contribution in [0.3, 0.4) is 0 Å². The fourth-order valence-electron chi connectivity index (χ4n) is 5.02. The second-order valence-electron chi connectivity index (χ2n) is 9.14. The summed E-state index contributed by atoms with van der Waals surface area (Å²) in [6.45, 7) is 2.34. The summed E-state index contributed by atoms with van der Waals surface area (Å²) in [6, 6.07) is 18.8. The highest BCUT2D eigenvalue weighted by Gasteiger charge is 2.56. The Bertz CT molecular complexity index is 1630. The molecule has 2 amide bonds. The molecule has 192 valence electrons. The number of nitrogens with zero attached hydrogens (tertiary/aromatic N) is 1. The van der Waals surface area contributed by atoms with Crippen LogP contribution < -0.4 is 14.5 Å². The lowest BCUT2D eigenvalue weighted by Gasteiger charge is -2.31. The van der Waals surface area contributed by atoms with E-state index in [0.29, 0.717) is 33.5 Å². The highest BCUT2D eigenvalue weighted by Crippen LogP contribution is 2.54. The van der Waals surface area contributed by atoms with E-state index in [1.54, 1.807) is 0 Å². The van der Waals surface area contributed by atoms with Crippen molar-refractivity contribution in [3.8, 4) is 5.75 Å². The number of fused-ring (bicyclic) bond motifs is 2. The zero-order chi connectivity index (χ0) is 26.6. The van der Waals surface area contributed by atoms with Crippen molar-refractivity contribution < 1.29 is 18.7 Å². The first-order valence-electron chi connectivity index (χ1n) is 11.8. The van der Waals surface area contributed by atoms with Gasteiger partial charge >= 0.3 is 4.87 Å². The zero-order valence-electron chi connectivity index (χ0n) is 19.9. The zero-order valence-corrected chi connectivity index (χ0v) is 23.2. The number of ether oxygens (including phenoxy) is 1. The van der Waals surface area contributed by atoms with Crippen molar-refractivity contribution in [2.75, 3.05) is 4.90 Å². The number of aryl methyl sites for hydroxylation is 1. The minimum Gasteiger partial charge on any atom is -0.489 e. The first kappa shape index (κ1) is 25.1. The van der Waals surface area contributed by atoms with Crippen LogP contribution in [0.25, 0.3) is 0 Å². The number of amides is 2. The normalized spacial score (nSPS) is 20.4. The number of carbonyl (C=O) groups excluding carboxylic acids is 2. The van der Waals surface area contributed by atoms with Gasteiger partial charge in [-0.2, -0.15) is 0 Å². The quantitative estimate of drug-likeness (QED) is 0.279. The van der Waals surface area contributed by atoms with Crippen molar-refractivity contribution in [3.63, 3.8) is 0 Å². The van der Waals surface area contributed by atoms with Gasteiger partial charge in [0.25, 0.3) is 0 Å². The van der Waals surface area contributed by atoms with Crippen LogP contribution in [-0.2, 0) is 16.2 Å². The lowest BCUT2D eigenvalue weighted by molar-refractivity contribution is -0.122. The predicted octanol–water partition coefficient (Wildman–Crippen LogP) is 6.02. The molecule has 0 spiro atoms.